The summed E-state index contributed by atoms with van der Waals surface area (Å²) >= 11 is 0. The number of aromatic nitrogens is 1. The van der Waals surface area contributed by atoms with Crippen molar-refractivity contribution in [3.05, 3.63) is 84.2 Å². The van der Waals surface area contributed by atoms with Gasteiger partial charge in [-0.1, -0.05) is 30.3 Å². The standard InChI is InChI=1S/C21H21N3O2/c1-26-18-11-9-16(10-12-18)20-19-8-5-13-23(19)14-15-24(20)21(25)22-17-6-3-2-4-7-17/h2-13,20H,14-15H2,1H3,(H,22,25)/t20-/m1/s1. The molecule has 3 aromatic rings. The third kappa shape index (κ3) is 3.04. The molecule has 1 atom stereocenters. The van der Waals surface area contributed by atoms with Crippen molar-refractivity contribution in [2.24, 2.45) is 0 Å². The van der Waals surface area contributed by atoms with Gasteiger partial charge < -0.3 is 19.5 Å². The molecule has 26 heavy (non-hydrogen) atoms. The van der Waals surface area contributed by atoms with E-state index < -0.39 is 0 Å². The van der Waals surface area contributed by atoms with E-state index in [9.17, 15) is 4.79 Å². The molecule has 5 heteroatoms. The number of fused-ring (bicyclic) bond motifs is 1. The Morgan fingerprint density at radius 2 is 1.77 bits per heavy atom. The zero-order chi connectivity index (χ0) is 17.9. The van der Waals surface area contributed by atoms with E-state index in [1.54, 1.807) is 7.11 Å². The Labute approximate surface area is 152 Å². The quantitative estimate of drug-likeness (QED) is 0.774. The summed E-state index contributed by atoms with van der Waals surface area (Å²) in [4.78, 5) is 14.9. The molecule has 0 saturated heterocycles. The first-order chi connectivity index (χ1) is 12.8. The summed E-state index contributed by atoms with van der Waals surface area (Å²) < 4.78 is 7.48. The highest BCUT2D eigenvalue weighted by Crippen LogP contribution is 2.33. The fraction of sp³-hybridized carbons (Fsp3) is 0.190. The van der Waals surface area contributed by atoms with Crippen molar-refractivity contribution in [3.63, 3.8) is 0 Å². The first-order valence-corrected chi connectivity index (χ1v) is 8.68. The van der Waals surface area contributed by atoms with Crippen molar-refractivity contribution >= 4 is 11.7 Å². The van der Waals surface area contributed by atoms with E-state index in [2.05, 4.69) is 22.1 Å². The van der Waals surface area contributed by atoms with Gasteiger partial charge in [0, 0.05) is 30.7 Å². The van der Waals surface area contributed by atoms with Gasteiger partial charge in [-0.15, -0.1) is 0 Å². The molecule has 0 bridgehead atoms. The van der Waals surface area contributed by atoms with Crippen LogP contribution in [0.15, 0.2) is 72.9 Å². The number of urea groups is 1. The number of carbonyl (C=O) groups excluding carboxylic acids is 1. The van der Waals surface area contributed by atoms with Crippen LogP contribution >= 0.6 is 0 Å². The van der Waals surface area contributed by atoms with E-state index in [1.165, 1.54) is 0 Å². The average molecular weight is 347 g/mol. The predicted molar refractivity (Wildman–Crippen MR) is 101 cm³/mol. The lowest BCUT2D eigenvalue weighted by Gasteiger charge is -2.37. The largest absolute Gasteiger partial charge is 0.497 e. The lowest BCUT2D eigenvalue weighted by Crippen LogP contribution is -2.44. The van der Waals surface area contributed by atoms with Crippen LogP contribution in [-0.4, -0.2) is 29.2 Å². The van der Waals surface area contributed by atoms with Crippen LogP contribution < -0.4 is 10.1 Å². The molecule has 2 heterocycles. The van der Waals surface area contributed by atoms with Gasteiger partial charge in [0.25, 0.3) is 0 Å². The third-order valence-electron chi connectivity index (χ3n) is 4.76. The van der Waals surface area contributed by atoms with E-state index in [1.807, 2.05) is 65.6 Å². The molecule has 0 unspecified atom stereocenters. The lowest BCUT2D eigenvalue weighted by atomic mass is 10.00. The molecule has 1 aliphatic rings. The molecule has 0 radical (unpaired) electrons. The van der Waals surface area contributed by atoms with Crippen molar-refractivity contribution < 1.29 is 9.53 Å². The second-order valence-corrected chi connectivity index (χ2v) is 6.29. The number of para-hydroxylation sites is 1. The number of methoxy groups -OCH3 is 1. The van der Waals surface area contributed by atoms with Crippen molar-refractivity contribution in [1.82, 2.24) is 9.47 Å². The number of nitrogens with one attached hydrogen (secondary N) is 1. The van der Waals surface area contributed by atoms with Crippen LogP contribution in [0, 0.1) is 0 Å². The number of hydrogen-bond donors (Lipinski definition) is 1. The highest BCUT2D eigenvalue weighted by Gasteiger charge is 2.32. The number of hydrogen-bond acceptors (Lipinski definition) is 2. The van der Waals surface area contributed by atoms with Crippen molar-refractivity contribution in [2.75, 3.05) is 19.0 Å². The van der Waals surface area contributed by atoms with Crippen LogP contribution in [0.4, 0.5) is 10.5 Å². The number of amides is 2. The van der Waals surface area contributed by atoms with E-state index >= 15 is 0 Å². The second kappa shape index (κ2) is 6.96. The minimum absolute atomic E-state index is 0.0931. The summed E-state index contributed by atoms with van der Waals surface area (Å²) in [5.74, 6) is 0.806. The average Bonchev–Trinajstić information content (AvgIpc) is 3.17. The maximum atomic E-state index is 13.0. The van der Waals surface area contributed by atoms with Crippen LogP contribution in [0.25, 0.3) is 0 Å². The van der Waals surface area contributed by atoms with Gasteiger partial charge in [0.2, 0.25) is 0 Å². The van der Waals surface area contributed by atoms with Crippen LogP contribution in [-0.2, 0) is 6.54 Å². The lowest BCUT2D eigenvalue weighted by molar-refractivity contribution is 0.182. The van der Waals surface area contributed by atoms with E-state index in [0.29, 0.717) is 6.54 Å². The third-order valence-corrected chi connectivity index (χ3v) is 4.76. The highest BCUT2D eigenvalue weighted by molar-refractivity contribution is 5.90. The molecule has 5 nitrogen and oxygen atoms in total. The van der Waals surface area contributed by atoms with Crippen molar-refractivity contribution in [2.45, 2.75) is 12.6 Å². The van der Waals surface area contributed by atoms with E-state index in [0.717, 1.165) is 29.2 Å². The molecular formula is C21H21N3O2. The number of nitrogens with zero attached hydrogens (tertiary/aromatic N) is 2. The minimum Gasteiger partial charge on any atom is -0.497 e. The molecule has 132 valence electrons. The zero-order valence-corrected chi connectivity index (χ0v) is 14.6. The number of ether oxygens (including phenoxy) is 1. The van der Waals surface area contributed by atoms with Crippen molar-refractivity contribution in [3.8, 4) is 5.75 Å². The molecule has 4 rings (SSSR count). The first-order valence-electron chi connectivity index (χ1n) is 8.68. The SMILES string of the molecule is COc1ccc([C@@H]2c3cccn3CCN2C(=O)Nc2ccccc2)cc1. The summed E-state index contributed by atoms with van der Waals surface area (Å²) in [6.45, 7) is 1.44. The van der Waals surface area contributed by atoms with Gasteiger partial charge in [-0.25, -0.2) is 4.79 Å². The topological polar surface area (TPSA) is 46.5 Å². The molecular weight excluding hydrogens is 326 g/mol. The maximum absolute atomic E-state index is 13.0. The van der Waals surface area contributed by atoms with Crippen LogP contribution in [0.1, 0.15) is 17.3 Å². The van der Waals surface area contributed by atoms with Crippen LogP contribution in [0.2, 0.25) is 0 Å². The monoisotopic (exact) mass is 347 g/mol. The molecule has 2 amide bonds. The number of benzene rings is 2. The Bertz CT molecular complexity index is 887. The summed E-state index contributed by atoms with van der Waals surface area (Å²) in [7, 11) is 1.65. The number of carbonyl (C=O) groups is 1. The Kier molecular flexibility index (Phi) is 4.35. The van der Waals surface area contributed by atoms with Gasteiger partial charge in [0.05, 0.1) is 13.2 Å². The minimum atomic E-state index is -0.131. The Morgan fingerprint density at radius 1 is 1.00 bits per heavy atom. The smallest absolute Gasteiger partial charge is 0.322 e. The van der Waals surface area contributed by atoms with E-state index in [4.69, 9.17) is 4.74 Å². The summed E-state index contributed by atoms with van der Waals surface area (Å²) in [5.41, 5.74) is 2.98. The van der Waals surface area contributed by atoms with Crippen LogP contribution in [0.5, 0.6) is 5.75 Å². The van der Waals surface area contributed by atoms with E-state index in [-0.39, 0.29) is 12.1 Å². The Morgan fingerprint density at radius 3 is 2.50 bits per heavy atom. The fourth-order valence-corrected chi connectivity index (χ4v) is 3.46. The predicted octanol–water partition coefficient (Wildman–Crippen LogP) is 4.13. The molecule has 0 aliphatic carbocycles. The summed E-state index contributed by atoms with van der Waals surface area (Å²) in [6.07, 6.45) is 2.07. The molecule has 0 saturated carbocycles. The number of rotatable bonds is 3. The van der Waals surface area contributed by atoms with Gasteiger partial charge in [-0.05, 0) is 42.0 Å². The second-order valence-electron chi connectivity index (χ2n) is 6.29. The van der Waals surface area contributed by atoms with Gasteiger partial charge in [0.1, 0.15) is 5.75 Å². The molecule has 0 fully saturated rings. The summed E-state index contributed by atoms with van der Waals surface area (Å²) in [6, 6.07) is 21.4. The van der Waals surface area contributed by atoms with Crippen molar-refractivity contribution in [1.29, 1.82) is 0 Å². The fourth-order valence-electron chi connectivity index (χ4n) is 3.46. The first kappa shape index (κ1) is 16.3. The molecule has 2 aromatic carbocycles. The highest BCUT2D eigenvalue weighted by atomic mass is 16.5. The van der Waals surface area contributed by atoms with Gasteiger partial charge in [0.15, 0.2) is 0 Å². The molecule has 1 aromatic heterocycles. The molecule has 1 aliphatic heterocycles. The van der Waals surface area contributed by atoms with Gasteiger partial charge in [-0.2, -0.15) is 0 Å². The maximum Gasteiger partial charge on any atom is 0.322 e. The Hall–Kier alpha value is -3.21. The molecule has 0 spiro atoms. The Balaban J connectivity index is 1.67. The number of anilines is 1. The summed E-state index contributed by atoms with van der Waals surface area (Å²) in [5, 5.41) is 3.01. The van der Waals surface area contributed by atoms with Crippen LogP contribution in [0.3, 0.4) is 0 Å². The molecule has 1 N–H and O–H groups in total. The van der Waals surface area contributed by atoms with Gasteiger partial charge >= 0.3 is 6.03 Å². The normalized spacial score (nSPS) is 16.0. The van der Waals surface area contributed by atoms with Gasteiger partial charge in [-0.3, -0.25) is 0 Å². The zero-order valence-electron chi connectivity index (χ0n) is 14.6.